The highest BCUT2D eigenvalue weighted by Gasteiger charge is 2.21. The number of methoxy groups -OCH3 is 2. The second-order valence-electron chi connectivity index (χ2n) is 8.02. The van der Waals surface area contributed by atoms with Crippen molar-refractivity contribution >= 4 is 23.3 Å². The Kier molecular flexibility index (Phi) is 11.5. The number of rotatable bonds is 14. The van der Waals surface area contributed by atoms with Crippen LogP contribution < -0.4 is 14.8 Å². The molecule has 0 atom stereocenters. The van der Waals surface area contributed by atoms with Crippen LogP contribution in [0.4, 0.5) is 4.79 Å². The number of aryl methyl sites for hydroxylation is 1. The molecule has 1 aromatic carbocycles. The smallest absolute Gasteiger partial charge is 0.318 e. The Bertz CT molecular complexity index is 944. The van der Waals surface area contributed by atoms with Crippen molar-refractivity contribution in [3.63, 3.8) is 0 Å². The minimum atomic E-state index is -0.242. The normalized spacial score (nSPS) is 10.5. The van der Waals surface area contributed by atoms with Gasteiger partial charge in [-0.15, -0.1) is 17.9 Å². The van der Waals surface area contributed by atoms with Gasteiger partial charge in [0.2, 0.25) is 5.91 Å². The first-order valence-electron chi connectivity index (χ1n) is 11.6. The molecule has 0 aliphatic carbocycles. The predicted molar refractivity (Wildman–Crippen MR) is 138 cm³/mol. The maximum Gasteiger partial charge on any atom is 0.318 e. The van der Waals surface area contributed by atoms with Crippen molar-refractivity contribution in [2.24, 2.45) is 0 Å². The number of nitrogens with one attached hydrogen (secondary N) is 1. The van der Waals surface area contributed by atoms with E-state index in [1.54, 1.807) is 31.6 Å². The van der Waals surface area contributed by atoms with Gasteiger partial charge in [-0.25, -0.2) is 4.79 Å². The lowest BCUT2D eigenvalue weighted by molar-refractivity contribution is -0.132. The van der Waals surface area contributed by atoms with E-state index in [9.17, 15) is 9.59 Å². The molecule has 0 aliphatic heterocycles. The topological polar surface area (TPSA) is 71.1 Å². The second kappa shape index (κ2) is 14.3. The Morgan fingerprint density at radius 3 is 2.50 bits per heavy atom. The van der Waals surface area contributed by atoms with E-state index in [1.165, 1.54) is 9.78 Å². The Balaban J connectivity index is 2.14. The average molecular weight is 488 g/mol. The molecule has 34 heavy (non-hydrogen) atoms. The van der Waals surface area contributed by atoms with Crippen LogP contribution in [0.3, 0.4) is 0 Å². The summed E-state index contributed by atoms with van der Waals surface area (Å²) in [5, 5.41) is 2.89. The first kappa shape index (κ1) is 27.2. The molecular formula is C26H37N3O4S. The van der Waals surface area contributed by atoms with Crippen LogP contribution in [0.1, 0.15) is 35.1 Å². The third-order valence-corrected chi connectivity index (χ3v) is 6.37. The van der Waals surface area contributed by atoms with Gasteiger partial charge in [-0.05, 0) is 49.6 Å². The predicted octanol–water partition coefficient (Wildman–Crippen LogP) is 4.64. The molecular weight excluding hydrogens is 450 g/mol. The van der Waals surface area contributed by atoms with E-state index in [1.807, 2.05) is 23.1 Å². The van der Waals surface area contributed by atoms with Crippen molar-refractivity contribution in [3.8, 4) is 11.5 Å². The SMILES string of the molecule is C=CCN(CC(=O)N(CCc1ccc(OC)c(OC)c1)Cc1ccc(C)s1)C(=O)NCCCC. The van der Waals surface area contributed by atoms with Crippen LogP contribution in [-0.2, 0) is 17.8 Å². The van der Waals surface area contributed by atoms with E-state index in [0.29, 0.717) is 44.1 Å². The summed E-state index contributed by atoms with van der Waals surface area (Å²) in [5.74, 6) is 1.23. The molecule has 2 aromatic rings. The molecule has 186 valence electrons. The van der Waals surface area contributed by atoms with E-state index < -0.39 is 0 Å². The lowest BCUT2D eigenvalue weighted by Crippen LogP contribution is -2.47. The van der Waals surface area contributed by atoms with Crippen LogP contribution in [0.5, 0.6) is 11.5 Å². The number of urea groups is 1. The number of carbonyl (C=O) groups excluding carboxylic acids is 2. The Hall–Kier alpha value is -3.00. The highest BCUT2D eigenvalue weighted by molar-refractivity contribution is 7.11. The van der Waals surface area contributed by atoms with Gasteiger partial charge in [0, 0.05) is 29.4 Å². The Morgan fingerprint density at radius 1 is 1.12 bits per heavy atom. The summed E-state index contributed by atoms with van der Waals surface area (Å²) >= 11 is 1.68. The number of hydrogen-bond donors (Lipinski definition) is 1. The number of unbranched alkanes of at least 4 members (excludes halogenated alkanes) is 1. The van der Waals surface area contributed by atoms with Gasteiger partial charge in [0.1, 0.15) is 6.54 Å². The van der Waals surface area contributed by atoms with Gasteiger partial charge in [0.25, 0.3) is 0 Å². The highest BCUT2D eigenvalue weighted by Crippen LogP contribution is 2.28. The van der Waals surface area contributed by atoms with Crippen molar-refractivity contribution in [1.29, 1.82) is 0 Å². The minimum absolute atomic E-state index is 0.000267. The Labute approximate surface area is 207 Å². The number of amides is 3. The monoisotopic (exact) mass is 487 g/mol. The summed E-state index contributed by atoms with van der Waals surface area (Å²) in [6, 6.07) is 9.65. The summed E-state index contributed by atoms with van der Waals surface area (Å²) < 4.78 is 10.7. The molecule has 0 spiro atoms. The summed E-state index contributed by atoms with van der Waals surface area (Å²) in [5.41, 5.74) is 1.04. The number of benzene rings is 1. The van der Waals surface area contributed by atoms with E-state index in [2.05, 4.69) is 37.9 Å². The minimum Gasteiger partial charge on any atom is -0.493 e. The quantitative estimate of drug-likeness (QED) is 0.311. The van der Waals surface area contributed by atoms with Crippen molar-refractivity contribution in [1.82, 2.24) is 15.1 Å². The first-order valence-corrected chi connectivity index (χ1v) is 12.4. The molecule has 1 aromatic heterocycles. The third kappa shape index (κ3) is 8.41. The van der Waals surface area contributed by atoms with Crippen molar-refractivity contribution in [2.45, 2.75) is 39.7 Å². The fourth-order valence-corrected chi connectivity index (χ4v) is 4.38. The number of hydrogen-bond acceptors (Lipinski definition) is 5. The third-order valence-electron chi connectivity index (χ3n) is 5.38. The zero-order chi connectivity index (χ0) is 24.9. The van der Waals surface area contributed by atoms with E-state index in [-0.39, 0.29) is 18.5 Å². The number of thiophene rings is 1. The van der Waals surface area contributed by atoms with Gasteiger partial charge in [-0.2, -0.15) is 0 Å². The fraction of sp³-hybridized carbons (Fsp3) is 0.462. The van der Waals surface area contributed by atoms with Crippen LogP contribution in [-0.4, -0.2) is 62.1 Å². The zero-order valence-corrected chi connectivity index (χ0v) is 21.6. The van der Waals surface area contributed by atoms with Crippen LogP contribution in [0.25, 0.3) is 0 Å². The first-order chi connectivity index (χ1) is 16.4. The molecule has 1 heterocycles. The van der Waals surface area contributed by atoms with Crippen molar-refractivity contribution in [3.05, 3.63) is 58.3 Å². The van der Waals surface area contributed by atoms with Crippen LogP contribution in [0.15, 0.2) is 43.0 Å². The van der Waals surface area contributed by atoms with Gasteiger partial charge < -0.3 is 24.6 Å². The Morgan fingerprint density at radius 2 is 1.88 bits per heavy atom. The van der Waals surface area contributed by atoms with Gasteiger partial charge in [0.15, 0.2) is 11.5 Å². The van der Waals surface area contributed by atoms with Crippen LogP contribution >= 0.6 is 11.3 Å². The van der Waals surface area contributed by atoms with E-state index in [4.69, 9.17) is 9.47 Å². The molecule has 2 rings (SSSR count). The highest BCUT2D eigenvalue weighted by atomic mass is 32.1. The second-order valence-corrected chi connectivity index (χ2v) is 9.39. The van der Waals surface area contributed by atoms with Gasteiger partial charge >= 0.3 is 6.03 Å². The molecule has 0 saturated heterocycles. The molecule has 0 fully saturated rings. The van der Waals surface area contributed by atoms with Gasteiger partial charge in [0.05, 0.1) is 20.8 Å². The van der Waals surface area contributed by atoms with Crippen molar-refractivity contribution < 1.29 is 19.1 Å². The van der Waals surface area contributed by atoms with Crippen LogP contribution in [0.2, 0.25) is 0 Å². The van der Waals surface area contributed by atoms with Crippen LogP contribution in [0, 0.1) is 6.92 Å². The molecule has 0 bridgehead atoms. The lowest BCUT2D eigenvalue weighted by atomic mass is 10.1. The van der Waals surface area contributed by atoms with Gasteiger partial charge in [-0.3, -0.25) is 4.79 Å². The number of ether oxygens (including phenoxy) is 2. The molecule has 0 radical (unpaired) electrons. The van der Waals surface area contributed by atoms with E-state index in [0.717, 1.165) is 23.3 Å². The van der Waals surface area contributed by atoms with E-state index >= 15 is 0 Å². The molecule has 0 saturated carbocycles. The maximum absolute atomic E-state index is 13.3. The summed E-state index contributed by atoms with van der Waals surface area (Å²) in [6.07, 6.45) is 4.19. The standard InChI is InChI=1S/C26H37N3O4S/c1-6-8-14-27-26(31)29(15-7-2)19-25(30)28(18-22-11-9-20(3)34-22)16-13-21-10-12-23(32-4)24(17-21)33-5/h7,9-12,17H,2,6,8,13-16,18-19H2,1,3-5H3,(H,27,31). The average Bonchev–Trinajstić information content (AvgIpc) is 3.25. The fourth-order valence-electron chi connectivity index (χ4n) is 3.47. The summed E-state index contributed by atoms with van der Waals surface area (Å²) in [6.45, 7) is 9.79. The molecule has 0 aliphatic rings. The maximum atomic E-state index is 13.3. The zero-order valence-electron chi connectivity index (χ0n) is 20.8. The molecule has 1 N–H and O–H groups in total. The summed E-state index contributed by atoms with van der Waals surface area (Å²) in [7, 11) is 3.21. The van der Waals surface area contributed by atoms with Gasteiger partial charge in [-0.1, -0.05) is 25.5 Å². The largest absolute Gasteiger partial charge is 0.493 e. The molecule has 8 heteroatoms. The summed E-state index contributed by atoms with van der Waals surface area (Å²) in [4.78, 5) is 31.6. The number of nitrogens with zero attached hydrogens (tertiary/aromatic N) is 2. The molecule has 7 nitrogen and oxygen atoms in total. The molecule has 0 unspecified atom stereocenters. The van der Waals surface area contributed by atoms with Crippen molar-refractivity contribution in [2.75, 3.05) is 40.4 Å². The molecule has 3 amide bonds. The lowest BCUT2D eigenvalue weighted by Gasteiger charge is -2.27. The number of carbonyl (C=O) groups is 2.